The van der Waals surface area contributed by atoms with Crippen molar-refractivity contribution in [2.45, 2.75) is 27.2 Å². The average molecular weight is 428 g/mol. The third kappa shape index (κ3) is 4.23. The molecule has 0 atom stereocenters. The first kappa shape index (κ1) is 21.2. The lowest BCUT2D eigenvalue weighted by molar-refractivity contribution is -0.129. The summed E-state index contributed by atoms with van der Waals surface area (Å²) in [5.74, 6) is 0.276. The van der Waals surface area contributed by atoms with Gasteiger partial charge >= 0.3 is 0 Å². The van der Waals surface area contributed by atoms with Gasteiger partial charge in [0.15, 0.2) is 11.4 Å². The van der Waals surface area contributed by atoms with Crippen molar-refractivity contribution in [1.82, 2.24) is 19.9 Å². The molecule has 8 heteroatoms. The topological polar surface area (TPSA) is 115 Å². The molecule has 1 aliphatic rings. The van der Waals surface area contributed by atoms with Crippen molar-refractivity contribution in [3.8, 4) is 6.07 Å². The second kappa shape index (κ2) is 8.27. The van der Waals surface area contributed by atoms with E-state index in [9.17, 15) is 14.9 Å². The Bertz CT molecular complexity index is 1250. The summed E-state index contributed by atoms with van der Waals surface area (Å²) >= 11 is 0. The Balaban J connectivity index is 1.53. The molecule has 0 radical (unpaired) electrons. The van der Waals surface area contributed by atoms with E-state index < -0.39 is 5.41 Å². The van der Waals surface area contributed by atoms with Crippen LogP contribution in [0.4, 0.5) is 11.5 Å². The maximum absolute atomic E-state index is 12.7. The van der Waals surface area contributed by atoms with Gasteiger partial charge in [0.25, 0.3) is 5.91 Å². The minimum atomic E-state index is -0.525. The molecule has 0 unspecified atom stereocenters. The normalized spacial score (nSPS) is 14.1. The van der Waals surface area contributed by atoms with E-state index in [2.05, 4.69) is 20.3 Å². The monoisotopic (exact) mass is 428 g/mol. The number of carbonyl (C=O) groups excluding carboxylic acids is 2. The van der Waals surface area contributed by atoms with Crippen LogP contribution in [-0.2, 0) is 4.79 Å². The smallest absolute Gasteiger partial charge is 0.264 e. The number of aromatic amines is 1. The molecule has 0 spiro atoms. The van der Waals surface area contributed by atoms with Crippen LogP contribution in [0.3, 0.4) is 0 Å². The highest BCUT2D eigenvalue weighted by molar-refractivity contribution is 6.08. The molecule has 2 N–H and O–H groups in total. The number of hydrogen-bond acceptors (Lipinski definition) is 6. The molecule has 3 heterocycles. The molecular formula is C24H24N6O2. The van der Waals surface area contributed by atoms with Gasteiger partial charge in [-0.1, -0.05) is 32.9 Å². The molecule has 0 aliphatic carbocycles. The molecule has 2 aromatic heterocycles. The number of carbonyl (C=O) groups is 2. The van der Waals surface area contributed by atoms with Gasteiger partial charge in [-0.25, -0.2) is 9.97 Å². The number of Topliss-reactive ketones (excluding diaryl/α,β-unsaturated/α-hetero) is 1. The largest absolute Gasteiger partial charge is 0.344 e. The molecule has 8 nitrogen and oxygen atoms in total. The van der Waals surface area contributed by atoms with Crippen LogP contribution in [-0.4, -0.2) is 44.6 Å². The maximum Gasteiger partial charge on any atom is 0.264 e. The number of nitriles is 1. The lowest BCUT2D eigenvalue weighted by Gasteiger charge is -2.30. The number of anilines is 2. The SMILES string of the molecule is CC(C)(C)C(=O)c1c[nH]c2ncc(Nc3ccc(/C=C(\C#N)C(=O)N4CCC4)cc3)nc12. The summed E-state index contributed by atoms with van der Waals surface area (Å²) in [6.45, 7) is 7.02. The number of fused-ring (bicyclic) bond motifs is 1. The summed E-state index contributed by atoms with van der Waals surface area (Å²) in [6.07, 6.45) is 5.82. The first-order chi connectivity index (χ1) is 15.3. The predicted molar refractivity (Wildman–Crippen MR) is 122 cm³/mol. The van der Waals surface area contributed by atoms with Gasteiger partial charge in [0.1, 0.15) is 23.0 Å². The molecule has 0 saturated carbocycles. The molecule has 1 amide bonds. The fourth-order valence-electron chi connectivity index (χ4n) is 3.34. The van der Waals surface area contributed by atoms with Crippen LogP contribution < -0.4 is 5.32 Å². The second-order valence-electron chi connectivity index (χ2n) is 8.80. The van der Waals surface area contributed by atoms with Gasteiger partial charge in [-0.3, -0.25) is 9.59 Å². The number of nitrogens with zero attached hydrogens (tertiary/aromatic N) is 4. The summed E-state index contributed by atoms with van der Waals surface area (Å²) in [4.78, 5) is 38.6. The van der Waals surface area contributed by atoms with E-state index in [1.165, 1.54) is 0 Å². The average Bonchev–Trinajstić information content (AvgIpc) is 3.13. The fraction of sp³-hybridized carbons (Fsp3) is 0.292. The van der Waals surface area contributed by atoms with E-state index in [-0.39, 0.29) is 17.3 Å². The minimum Gasteiger partial charge on any atom is -0.344 e. The van der Waals surface area contributed by atoms with E-state index in [1.807, 2.05) is 51.1 Å². The van der Waals surface area contributed by atoms with E-state index >= 15 is 0 Å². The van der Waals surface area contributed by atoms with Crippen molar-refractivity contribution in [2.75, 3.05) is 18.4 Å². The highest BCUT2D eigenvalue weighted by Crippen LogP contribution is 2.26. The minimum absolute atomic E-state index is 0.00703. The van der Waals surface area contributed by atoms with Crippen molar-refractivity contribution in [2.24, 2.45) is 5.41 Å². The van der Waals surface area contributed by atoms with Crippen molar-refractivity contribution in [3.63, 3.8) is 0 Å². The standard InChI is InChI=1S/C24H24N6O2/c1-24(2,3)21(31)18-13-26-22-20(18)29-19(14-27-22)28-17-7-5-15(6-8-17)11-16(12-25)23(32)30-9-4-10-30/h5-8,11,13-14H,4,9-10H2,1-3H3,(H,26,27)(H,28,29)/b16-11+. The van der Waals surface area contributed by atoms with Crippen LogP contribution >= 0.6 is 0 Å². The van der Waals surface area contributed by atoms with Crippen LogP contribution in [0.2, 0.25) is 0 Å². The van der Waals surface area contributed by atoms with Crippen LogP contribution in [0.15, 0.2) is 42.2 Å². The summed E-state index contributed by atoms with van der Waals surface area (Å²) < 4.78 is 0. The Morgan fingerprint density at radius 3 is 2.53 bits per heavy atom. The molecule has 162 valence electrons. The van der Waals surface area contributed by atoms with Gasteiger partial charge in [0, 0.05) is 30.4 Å². The van der Waals surface area contributed by atoms with Crippen LogP contribution in [0.1, 0.15) is 43.1 Å². The molecule has 3 aromatic rings. The molecule has 1 fully saturated rings. The van der Waals surface area contributed by atoms with Gasteiger partial charge in [0.2, 0.25) is 0 Å². The number of benzene rings is 1. The number of likely N-dealkylation sites (tertiary alicyclic amines) is 1. The molecular weight excluding hydrogens is 404 g/mol. The highest BCUT2D eigenvalue weighted by atomic mass is 16.2. The summed E-state index contributed by atoms with van der Waals surface area (Å²) in [6, 6.07) is 9.30. The number of amides is 1. The Morgan fingerprint density at radius 1 is 1.22 bits per heavy atom. The number of aromatic nitrogens is 3. The van der Waals surface area contributed by atoms with Crippen molar-refractivity contribution >= 4 is 40.4 Å². The van der Waals surface area contributed by atoms with Gasteiger partial charge in [-0.15, -0.1) is 0 Å². The first-order valence-electron chi connectivity index (χ1n) is 10.4. The Kier molecular flexibility index (Phi) is 5.49. The Morgan fingerprint density at radius 2 is 1.94 bits per heavy atom. The fourth-order valence-corrected chi connectivity index (χ4v) is 3.34. The van der Waals surface area contributed by atoms with Gasteiger partial charge in [-0.05, 0) is 30.2 Å². The van der Waals surface area contributed by atoms with Crippen molar-refractivity contribution in [3.05, 3.63) is 53.4 Å². The van der Waals surface area contributed by atoms with Gasteiger partial charge < -0.3 is 15.2 Å². The number of hydrogen-bond donors (Lipinski definition) is 2. The Labute approximate surface area is 186 Å². The van der Waals surface area contributed by atoms with E-state index in [4.69, 9.17) is 0 Å². The summed E-state index contributed by atoms with van der Waals surface area (Å²) in [5, 5.41) is 12.5. The van der Waals surface area contributed by atoms with Crippen LogP contribution in [0.25, 0.3) is 17.2 Å². The molecule has 1 aliphatic heterocycles. The molecule has 0 bridgehead atoms. The highest BCUT2D eigenvalue weighted by Gasteiger charge is 2.26. The predicted octanol–water partition coefficient (Wildman–Crippen LogP) is 4.07. The zero-order valence-corrected chi connectivity index (χ0v) is 18.3. The number of rotatable bonds is 5. The zero-order chi connectivity index (χ0) is 22.9. The number of ketones is 1. The lowest BCUT2D eigenvalue weighted by atomic mass is 9.87. The lowest BCUT2D eigenvalue weighted by Crippen LogP contribution is -2.42. The molecule has 32 heavy (non-hydrogen) atoms. The van der Waals surface area contributed by atoms with E-state index in [0.29, 0.717) is 35.6 Å². The maximum atomic E-state index is 12.7. The zero-order valence-electron chi connectivity index (χ0n) is 18.3. The van der Waals surface area contributed by atoms with Gasteiger partial charge in [0.05, 0.1) is 11.8 Å². The quantitative estimate of drug-likeness (QED) is 0.360. The third-order valence-electron chi connectivity index (χ3n) is 5.29. The number of nitrogens with one attached hydrogen (secondary N) is 2. The van der Waals surface area contributed by atoms with Crippen molar-refractivity contribution in [1.29, 1.82) is 5.26 Å². The van der Waals surface area contributed by atoms with Gasteiger partial charge in [-0.2, -0.15) is 5.26 Å². The van der Waals surface area contributed by atoms with E-state index in [0.717, 1.165) is 17.7 Å². The number of H-pyrrole nitrogens is 1. The summed E-state index contributed by atoms with van der Waals surface area (Å²) in [7, 11) is 0. The van der Waals surface area contributed by atoms with Crippen molar-refractivity contribution < 1.29 is 9.59 Å². The molecule has 1 saturated heterocycles. The third-order valence-corrected chi connectivity index (χ3v) is 5.29. The van der Waals surface area contributed by atoms with E-state index in [1.54, 1.807) is 23.4 Å². The first-order valence-corrected chi connectivity index (χ1v) is 10.4. The molecule has 4 rings (SSSR count). The summed E-state index contributed by atoms with van der Waals surface area (Å²) in [5.41, 5.74) is 2.72. The molecule has 1 aromatic carbocycles. The second-order valence-corrected chi connectivity index (χ2v) is 8.80. The van der Waals surface area contributed by atoms with Crippen LogP contribution in [0, 0.1) is 16.7 Å². The Hall–Kier alpha value is -3.99. The van der Waals surface area contributed by atoms with Crippen LogP contribution in [0.5, 0.6) is 0 Å².